The Morgan fingerprint density at radius 1 is 0.941 bits per heavy atom. The summed E-state index contributed by atoms with van der Waals surface area (Å²) in [6.07, 6.45) is 4.84. The topological polar surface area (TPSA) is 18.5 Å². The monoisotopic (exact) mass is 270 g/mol. The Labute approximate surface area is 111 Å². The summed E-state index contributed by atoms with van der Waals surface area (Å²) in [7, 11) is 5.80. The van der Waals surface area contributed by atoms with Crippen LogP contribution in [-0.2, 0) is 9.47 Å². The van der Waals surface area contributed by atoms with Crippen LogP contribution in [0, 0.1) is 0 Å². The van der Waals surface area contributed by atoms with Gasteiger partial charge in [-0.05, 0) is 11.1 Å². The van der Waals surface area contributed by atoms with Crippen LogP contribution in [0.4, 0.5) is 0 Å². The van der Waals surface area contributed by atoms with Gasteiger partial charge in [-0.25, -0.2) is 0 Å². The van der Waals surface area contributed by atoms with E-state index in [1.807, 2.05) is 0 Å². The van der Waals surface area contributed by atoms with E-state index in [2.05, 4.69) is 13.8 Å². The zero-order valence-corrected chi connectivity index (χ0v) is 13.7. The highest BCUT2D eigenvalue weighted by Crippen LogP contribution is 2.49. The van der Waals surface area contributed by atoms with E-state index in [9.17, 15) is 0 Å². The maximum atomic E-state index is 5.66. The number of hydrogen-bond acceptors (Lipinski definition) is 2. The average molecular weight is 271 g/mol. The van der Waals surface area contributed by atoms with Crippen molar-refractivity contribution >= 4 is 19.0 Å². The van der Waals surface area contributed by atoms with Crippen molar-refractivity contribution in [2.75, 3.05) is 14.2 Å². The smallest absolute Gasteiger partial charge is 0.167 e. The zero-order valence-electron chi connectivity index (χ0n) is 11.7. The quantitative estimate of drug-likeness (QED) is 0.497. The molecule has 0 aromatic heterocycles. The molecule has 1 fully saturated rings. The summed E-state index contributed by atoms with van der Waals surface area (Å²) in [5, 5.41) is 0. The fraction of sp³-hybridized carbons (Fsp3) is 1.00. The summed E-state index contributed by atoms with van der Waals surface area (Å²) >= 11 is 0. The fourth-order valence-electron chi connectivity index (χ4n) is 2.54. The van der Waals surface area contributed by atoms with Gasteiger partial charge in [0.25, 0.3) is 0 Å². The highest BCUT2D eigenvalue weighted by atomic mass is 28.2. The highest BCUT2D eigenvalue weighted by Gasteiger charge is 2.45. The molecule has 4 heteroatoms. The van der Waals surface area contributed by atoms with E-state index >= 15 is 0 Å². The SMILES string of the molecule is CCC[Si]C1CC(OC)(OC)CC1[Si]CCC. The van der Waals surface area contributed by atoms with Crippen molar-refractivity contribution in [3.05, 3.63) is 0 Å². The number of rotatable bonds is 8. The second-order valence-electron chi connectivity index (χ2n) is 4.85. The third-order valence-corrected chi connectivity index (χ3v) is 7.78. The van der Waals surface area contributed by atoms with Crippen LogP contribution >= 0.6 is 0 Å². The van der Waals surface area contributed by atoms with Gasteiger partial charge in [-0.1, -0.05) is 38.8 Å². The minimum Gasteiger partial charge on any atom is -0.353 e. The first-order valence-corrected chi connectivity index (χ1v) is 9.35. The number of ether oxygens (including phenoxy) is 2. The van der Waals surface area contributed by atoms with Crippen molar-refractivity contribution in [2.24, 2.45) is 0 Å². The Morgan fingerprint density at radius 3 is 1.65 bits per heavy atom. The highest BCUT2D eigenvalue weighted by molar-refractivity contribution is 6.45. The van der Waals surface area contributed by atoms with Crippen LogP contribution in [0.1, 0.15) is 39.5 Å². The van der Waals surface area contributed by atoms with Crippen LogP contribution in [0.5, 0.6) is 0 Å². The Balaban J connectivity index is 2.57. The maximum Gasteiger partial charge on any atom is 0.167 e. The molecule has 1 rings (SSSR count). The van der Waals surface area contributed by atoms with E-state index in [-0.39, 0.29) is 5.79 Å². The Bertz CT molecular complexity index is 190. The van der Waals surface area contributed by atoms with Crippen molar-refractivity contribution in [1.29, 1.82) is 0 Å². The van der Waals surface area contributed by atoms with Crippen LogP contribution in [0.2, 0.25) is 23.2 Å². The van der Waals surface area contributed by atoms with Crippen molar-refractivity contribution < 1.29 is 9.47 Å². The second-order valence-corrected chi connectivity index (χ2v) is 8.15. The molecule has 2 atom stereocenters. The summed E-state index contributed by atoms with van der Waals surface area (Å²) in [6.45, 7) is 4.57. The van der Waals surface area contributed by atoms with E-state index in [0.29, 0.717) is 0 Å². The molecule has 0 saturated heterocycles. The van der Waals surface area contributed by atoms with Crippen molar-refractivity contribution in [3.8, 4) is 0 Å². The van der Waals surface area contributed by atoms with Crippen LogP contribution in [-0.4, -0.2) is 39.0 Å². The number of methoxy groups -OCH3 is 2. The van der Waals surface area contributed by atoms with Crippen LogP contribution in [0.15, 0.2) is 0 Å². The summed E-state index contributed by atoms with van der Waals surface area (Å²) < 4.78 is 11.3. The predicted molar refractivity (Wildman–Crippen MR) is 75.2 cm³/mol. The van der Waals surface area contributed by atoms with E-state index in [1.54, 1.807) is 14.2 Å². The molecule has 0 bridgehead atoms. The van der Waals surface area contributed by atoms with Gasteiger partial charge in [0.2, 0.25) is 0 Å². The molecular formula is C13H26O2Si2. The summed E-state index contributed by atoms with van der Waals surface area (Å²) in [5.74, 6) is -0.267. The average Bonchev–Trinajstić information content (AvgIpc) is 2.73. The predicted octanol–water partition coefficient (Wildman–Crippen LogP) is 3.41. The zero-order chi connectivity index (χ0) is 12.7. The fourth-order valence-corrected chi connectivity index (χ4v) is 6.28. The van der Waals surface area contributed by atoms with Gasteiger partial charge >= 0.3 is 0 Å². The third kappa shape index (κ3) is 4.19. The molecule has 0 spiro atoms. The third-order valence-electron chi connectivity index (χ3n) is 3.60. The molecule has 0 N–H and O–H groups in total. The lowest BCUT2D eigenvalue weighted by Gasteiger charge is -2.26. The lowest BCUT2D eigenvalue weighted by molar-refractivity contribution is -0.200. The van der Waals surface area contributed by atoms with E-state index in [0.717, 1.165) is 43.0 Å². The molecule has 98 valence electrons. The second kappa shape index (κ2) is 7.72. The van der Waals surface area contributed by atoms with Gasteiger partial charge in [-0.2, -0.15) is 0 Å². The molecule has 1 saturated carbocycles. The molecule has 0 amide bonds. The molecule has 0 aliphatic heterocycles. The lowest BCUT2D eigenvalue weighted by Crippen LogP contribution is -2.30. The van der Waals surface area contributed by atoms with Gasteiger partial charge in [0, 0.05) is 46.1 Å². The molecule has 0 aromatic rings. The number of hydrogen-bond donors (Lipinski definition) is 0. The van der Waals surface area contributed by atoms with Gasteiger partial charge in [0.05, 0.1) is 0 Å². The van der Waals surface area contributed by atoms with Crippen LogP contribution in [0.25, 0.3) is 0 Å². The minimum atomic E-state index is -0.267. The molecule has 1 aliphatic rings. The van der Waals surface area contributed by atoms with Crippen molar-refractivity contribution in [3.63, 3.8) is 0 Å². The van der Waals surface area contributed by atoms with Gasteiger partial charge in [0.15, 0.2) is 5.79 Å². The Morgan fingerprint density at radius 2 is 1.35 bits per heavy atom. The molecule has 0 heterocycles. The van der Waals surface area contributed by atoms with Gasteiger partial charge in [0.1, 0.15) is 0 Å². The van der Waals surface area contributed by atoms with Gasteiger partial charge in [-0.3, -0.25) is 0 Å². The van der Waals surface area contributed by atoms with E-state index < -0.39 is 0 Å². The first-order valence-electron chi connectivity index (χ1n) is 6.78. The summed E-state index contributed by atoms with van der Waals surface area (Å²) in [6, 6.07) is 2.75. The minimum absolute atomic E-state index is 0.267. The van der Waals surface area contributed by atoms with Gasteiger partial charge < -0.3 is 9.47 Å². The van der Waals surface area contributed by atoms with Crippen LogP contribution in [0.3, 0.4) is 0 Å². The lowest BCUT2D eigenvalue weighted by atomic mass is 10.2. The van der Waals surface area contributed by atoms with Crippen LogP contribution < -0.4 is 0 Å². The Kier molecular flexibility index (Phi) is 6.99. The largest absolute Gasteiger partial charge is 0.353 e. The molecule has 17 heavy (non-hydrogen) atoms. The molecular weight excluding hydrogens is 244 g/mol. The molecule has 0 aromatic carbocycles. The Hall–Kier alpha value is 0.354. The van der Waals surface area contributed by atoms with Gasteiger partial charge in [-0.15, -0.1) is 0 Å². The van der Waals surface area contributed by atoms with E-state index in [1.165, 1.54) is 24.9 Å². The standard InChI is InChI=1S/C13H26O2Si2/c1-5-7-16-11-9-13(14-3,15-4)10-12(11)17-8-6-2/h11-12H,5-10H2,1-4H3. The maximum absolute atomic E-state index is 5.66. The molecule has 4 radical (unpaired) electrons. The summed E-state index contributed by atoms with van der Waals surface area (Å²) in [5.41, 5.74) is 1.69. The normalized spacial score (nSPS) is 27.5. The molecule has 2 nitrogen and oxygen atoms in total. The molecule has 2 unspecified atom stereocenters. The van der Waals surface area contributed by atoms with E-state index in [4.69, 9.17) is 9.47 Å². The van der Waals surface area contributed by atoms with Crippen molar-refractivity contribution in [1.82, 2.24) is 0 Å². The first kappa shape index (κ1) is 15.4. The first-order chi connectivity index (χ1) is 8.21. The molecule has 1 aliphatic carbocycles. The summed E-state index contributed by atoms with van der Waals surface area (Å²) in [4.78, 5) is 0. The van der Waals surface area contributed by atoms with Crippen molar-refractivity contribution in [2.45, 2.75) is 68.5 Å².